The van der Waals surface area contributed by atoms with Gasteiger partial charge in [0.15, 0.2) is 0 Å². The summed E-state index contributed by atoms with van der Waals surface area (Å²) in [6.45, 7) is 0. The number of nitrogens with one attached hydrogen (secondary N) is 1. The molecule has 0 spiro atoms. The number of hydrogen-bond donors (Lipinski definition) is 1. The van der Waals surface area contributed by atoms with Crippen LogP contribution in [-0.2, 0) is 15.8 Å². The van der Waals surface area contributed by atoms with Crippen LogP contribution in [0.2, 0.25) is 5.02 Å². The zero-order valence-electron chi connectivity index (χ0n) is 10.4. The lowest BCUT2D eigenvalue weighted by molar-refractivity contribution is 0.0981. The minimum absolute atomic E-state index is 0.242. The molecule has 0 bridgehead atoms. The van der Waals surface area contributed by atoms with E-state index in [1.807, 2.05) is 4.72 Å². The highest BCUT2D eigenvalue weighted by atomic mass is 35.5. The van der Waals surface area contributed by atoms with E-state index in [1.54, 1.807) is 30.3 Å². The summed E-state index contributed by atoms with van der Waals surface area (Å²) in [6.07, 6.45) is 0. The van der Waals surface area contributed by atoms with Gasteiger partial charge in [0.05, 0.1) is 5.75 Å². The van der Waals surface area contributed by atoms with Crippen molar-refractivity contribution in [3.8, 4) is 0 Å². The zero-order chi connectivity index (χ0) is 14.6. The van der Waals surface area contributed by atoms with E-state index in [4.69, 9.17) is 11.6 Å². The van der Waals surface area contributed by atoms with E-state index in [0.29, 0.717) is 10.6 Å². The van der Waals surface area contributed by atoms with Gasteiger partial charge in [-0.25, -0.2) is 13.1 Å². The minimum Gasteiger partial charge on any atom is -0.268 e. The molecule has 2 aromatic carbocycles. The third-order valence-corrected chi connectivity index (χ3v) is 4.02. The van der Waals surface area contributed by atoms with Crippen molar-refractivity contribution in [3.63, 3.8) is 0 Å². The molecule has 0 saturated carbocycles. The first-order valence-electron chi connectivity index (χ1n) is 5.80. The summed E-state index contributed by atoms with van der Waals surface area (Å²) in [5.74, 6) is -0.912. The molecule has 0 radical (unpaired) electrons. The number of rotatable bonds is 4. The predicted octanol–water partition coefficient (Wildman–Crippen LogP) is 2.60. The van der Waals surface area contributed by atoms with Crippen LogP contribution in [0, 0.1) is 0 Å². The monoisotopic (exact) mass is 309 g/mol. The molecule has 2 rings (SSSR count). The molecule has 20 heavy (non-hydrogen) atoms. The molecule has 0 heterocycles. The third-order valence-electron chi connectivity index (χ3n) is 2.55. The molecule has 104 valence electrons. The maximum atomic E-state index is 11.9. The predicted molar refractivity (Wildman–Crippen MR) is 78.0 cm³/mol. The van der Waals surface area contributed by atoms with Crippen molar-refractivity contribution in [3.05, 3.63) is 70.7 Å². The molecule has 0 atom stereocenters. The molecule has 1 N–H and O–H groups in total. The van der Waals surface area contributed by atoms with Gasteiger partial charge in [-0.1, -0.05) is 41.9 Å². The van der Waals surface area contributed by atoms with Crippen molar-refractivity contribution in [1.82, 2.24) is 4.72 Å². The van der Waals surface area contributed by atoms with E-state index in [1.165, 1.54) is 24.3 Å². The van der Waals surface area contributed by atoms with E-state index in [0.717, 1.165) is 0 Å². The first-order chi connectivity index (χ1) is 9.46. The molecule has 0 fully saturated rings. The van der Waals surface area contributed by atoms with E-state index >= 15 is 0 Å². The summed E-state index contributed by atoms with van der Waals surface area (Å²) < 4.78 is 25.8. The lowest BCUT2D eigenvalue weighted by atomic mass is 10.2. The highest BCUT2D eigenvalue weighted by Gasteiger charge is 2.16. The lowest BCUT2D eigenvalue weighted by Gasteiger charge is -2.07. The molecule has 1 amide bonds. The van der Waals surface area contributed by atoms with Gasteiger partial charge in [0.25, 0.3) is 5.91 Å². The van der Waals surface area contributed by atoms with Crippen LogP contribution in [0.4, 0.5) is 0 Å². The molecule has 4 nitrogen and oxygen atoms in total. The van der Waals surface area contributed by atoms with Gasteiger partial charge in [0, 0.05) is 10.6 Å². The van der Waals surface area contributed by atoms with Crippen LogP contribution >= 0.6 is 11.6 Å². The second-order valence-electron chi connectivity index (χ2n) is 4.18. The van der Waals surface area contributed by atoms with Crippen molar-refractivity contribution in [2.75, 3.05) is 0 Å². The van der Waals surface area contributed by atoms with Crippen LogP contribution in [0.1, 0.15) is 15.9 Å². The molecule has 0 aromatic heterocycles. The van der Waals surface area contributed by atoms with Gasteiger partial charge in [0.2, 0.25) is 10.0 Å². The van der Waals surface area contributed by atoms with Gasteiger partial charge in [-0.05, 0) is 29.8 Å². The Kier molecular flexibility index (Phi) is 4.42. The summed E-state index contributed by atoms with van der Waals surface area (Å²) in [4.78, 5) is 11.8. The van der Waals surface area contributed by atoms with Gasteiger partial charge in [-0.2, -0.15) is 0 Å². The number of amides is 1. The van der Waals surface area contributed by atoms with Crippen LogP contribution in [0.5, 0.6) is 0 Å². The Morgan fingerprint density at radius 3 is 2.20 bits per heavy atom. The molecular formula is C14H12ClNO3S. The molecule has 0 aliphatic heterocycles. The second-order valence-corrected chi connectivity index (χ2v) is 6.34. The molecule has 0 unspecified atom stereocenters. The van der Waals surface area contributed by atoms with Crippen molar-refractivity contribution >= 4 is 27.5 Å². The summed E-state index contributed by atoms with van der Waals surface area (Å²) >= 11 is 5.71. The van der Waals surface area contributed by atoms with Crippen molar-refractivity contribution in [2.24, 2.45) is 0 Å². The second kappa shape index (κ2) is 6.07. The third kappa shape index (κ3) is 4.08. The van der Waals surface area contributed by atoms with Gasteiger partial charge in [0.1, 0.15) is 0 Å². The maximum absolute atomic E-state index is 11.9. The molecule has 0 saturated heterocycles. The first-order valence-corrected chi connectivity index (χ1v) is 7.84. The summed E-state index contributed by atoms with van der Waals surface area (Å²) in [5, 5.41) is 0.480. The Morgan fingerprint density at radius 2 is 1.60 bits per heavy atom. The number of sulfonamides is 1. The van der Waals surface area contributed by atoms with Crippen LogP contribution in [0.25, 0.3) is 0 Å². The maximum Gasteiger partial charge on any atom is 0.264 e. The summed E-state index contributed by atoms with van der Waals surface area (Å²) in [7, 11) is -3.72. The number of carbonyl (C=O) groups excluding carboxylic acids is 1. The van der Waals surface area contributed by atoms with Crippen molar-refractivity contribution < 1.29 is 13.2 Å². The Morgan fingerprint density at radius 1 is 1.00 bits per heavy atom. The fourth-order valence-electron chi connectivity index (χ4n) is 1.63. The van der Waals surface area contributed by atoms with Crippen LogP contribution < -0.4 is 4.72 Å². The Balaban J connectivity index is 2.08. The van der Waals surface area contributed by atoms with Gasteiger partial charge in [-0.3, -0.25) is 4.79 Å². The normalized spacial score (nSPS) is 11.1. The molecule has 0 aliphatic rings. The van der Waals surface area contributed by atoms with Gasteiger partial charge < -0.3 is 0 Å². The smallest absolute Gasteiger partial charge is 0.264 e. The first kappa shape index (κ1) is 14.6. The fourth-order valence-corrected chi connectivity index (χ4v) is 2.86. The highest BCUT2D eigenvalue weighted by Crippen LogP contribution is 2.10. The number of hydrogen-bond acceptors (Lipinski definition) is 3. The van der Waals surface area contributed by atoms with Gasteiger partial charge >= 0.3 is 0 Å². The minimum atomic E-state index is -3.72. The molecule has 6 heteroatoms. The lowest BCUT2D eigenvalue weighted by Crippen LogP contribution is -2.31. The molecular weight excluding hydrogens is 298 g/mol. The van der Waals surface area contributed by atoms with Crippen LogP contribution in [0.15, 0.2) is 54.6 Å². The van der Waals surface area contributed by atoms with Crippen molar-refractivity contribution in [2.45, 2.75) is 5.75 Å². The van der Waals surface area contributed by atoms with Crippen LogP contribution in [-0.4, -0.2) is 14.3 Å². The largest absolute Gasteiger partial charge is 0.268 e. The zero-order valence-corrected chi connectivity index (χ0v) is 12.0. The van der Waals surface area contributed by atoms with Crippen LogP contribution in [0.3, 0.4) is 0 Å². The van der Waals surface area contributed by atoms with E-state index in [9.17, 15) is 13.2 Å². The highest BCUT2D eigenvalue weighted by molar-refractivity contribution is 7.89. The average molecular weight is 310 g/mol. The molecule has 0 aliphatic carbocycles. The average Bonchev–Trinajstić information content (AvgIpc) is 2.39. The van der Waals surface area contributed by atoms with E-state index in [-0.39, 0.29) is 11.3 Å². The Labute approximate surface area is 122 Å². The van der Waals surface area contributed by atoms with Gasteiger partial charge in [-0.15, -0.1) is 0 Å². The number of halogens is 1. The number of carbonyl (C=O) groups is 1. The topological polar surface area (TPSA) is 63.2 Å². The Hall–Kier alpha value is -1.85. The fraction of sp³-hybridized carbons (Fsp3) is 0.0714. The number of benzene rings is 2. The summed E-state index contributed by atoms with van der Waals surface area (Å²) in [5.41, 5.74) is 0.856. The van der Waals surface area contributed by atoms with Crippen molar-refractivity contribution in [1.29, 1.82) is 0 Å². The standard InChI is InChI=1S/C14H12ClNO3S/c15-13-8-6-12(7-9-13)14(17)16-20(18,19)10-11-4-2-1-3-5-11/h1-9H,10H2,(H,16,17). The summed E-state index contributed by atoms with van der Waals surface area (Å²) in [6, 6.07) is 14.6. The molecule has 2 aromatic rings. The van der Waals surface area contributed by atoms with E-state index < -0.39 is 15.9 Å². The Bertz CT molecular complexity index is 697. The quantitative estimate of drug-likeness (QED) is 0.944. The SMILES string of the molecule is O=C(NS(=O)(=O)Cc1ccccc1)c1ccc(Cl)cc1. The van der Waals surface area contributed by atoms with E-state index in [2.05, 4.69) is 0 Å².